The highest BCUT2D eigenvalue weighted by Gasteiger charge is 2.26. The lowest BCUT2D eigenvalue weighted by molar-refractivity contribution is -0.123. The number of aromatic nitrogens is 2. The molecule has 4 N–H and O–H groups in total. The molecule has 0 fully saturated rings. The Bertz CT molecular complexity index is 831. The molecular weight excluding hydrogens is 344 g/mol. The normalized spacial score (nSPS) is 11.2. The Labute approximate surface area is 152 Å². The number of nitrogens with zero attached hydrogens (tertiary/aromatic N) is 1. The van der Waals surface area contributed by atoms with Crippen LogP contribution in [-0.2, 0) is 11.3 Å². The molecule has 0 radical (unpaired) electrons. The highest BCUT2D eigenvalue weighted by Crippen LogP contribution is 2.13. The molecule has 2 aromatic rings. The van der Waals surface area contributed by atoms with Gasteiger partial charge >= 0.3 is 0 Å². The molecule has 0 saturated heterocycles. The molecule has 0 aliphatic rings. The Morgan fingerprint density at radius 2 is 1.80 bits per heavy atom. The minimum absolute atomic E-state index is 0. The van der Waals surface area contributed by atoms with Crippen molar-refractivity contribution in [2.75, 3.05) is 6.54 Å². The molecule has 7 nitrogen and oxygen atoms in total. The number of carbonyl (C=O) groups is 1. The lowest BCUT2D eigenvalue weighted by atomic mass is 9.93. The average molecular weight is 369 g/mol. The van der Waals surface area contributed by atoms with Crippen molar-refractivity contribution in [3.8, 4) is 0 Å². The molecule has 1 aromatic carbocycles. The number of halogens is 1. The summed E-state index contributed by atoms with van der Waals surface area (Å²) in [6.07, 6.45) is 1.56. The number of rotatable bonds is 7. The number of aromatic amines is 1. The second-order valence-corrected chi connectivity index (χ2v) is 5.93. The van der Waals surface area contributed by atoms with E-state index in [0.717, 1.165) is 12.8 Å². The molecule has 0 unspecified atom stereocenters. The summed E-state index contributed by atoms with van der Waals surface area (Å²) in [7, 11) is 0. The van der Waals surface area contributed by atoms with Gasteiger partial charge in [-0.1, -0.05) is 26.0 Å². The van der Waals surface area contributed by atoms with E-state index < -0.39 is 5.54 Å². The zero-order chi connectivity index (χ0) is 17.7. The topological polar surface area (TPSA) is 110 Å². The summed E-state index contributed by atoms with van der Waals surface area (Å²) >= 11 is 0. The zero-order valence-electron chi connectivity index (χ0n) is 14.5. The van der Waals surface area contributed by atoms with Crippen molar-refractivity contribution in [3.63, 3.8) is 0 Å². The van der Waals surface area contributed by atoms with Gasteiger partial charge in [0.1, 0.15) is 0 Å². The Morgan fingerprint density at radius 3 is 2.36 bits per heavy atom. The maximum Gasteiger partial charge on any atom is 0.273 e. The summed E-state index contributed by atoms with van der Waals surface area (Å²) in [6, 6.07) is 6.62. The van der Waals surface area contributed by atoms with Crippen molar-refractivity contribution in [2.45, 2.75) is 45.2 Å². The number of hydrogen-bond acceptors (Lipinski definition) is 4. The lowest BCUT2D eigenvalue weighted by Gasteiger charge is -2.31. The number of amides is 1. The predicted octanol–water partition coefficient (Wildman–Crippen LogP) is 1.14. The van der Waals surface area contributed by atoms with E-state index in [1.165, 1.54) is 4.68 Å². The van der Waals surface area contributed by atoms with Crippen LogP contribution in [0.2, 0.25) is 0 Å². The monoisotopic (exact) mass is 368 g/mol. The molecule has 0 atom stereocenters. The first-order valence-electron chi connectivity index (χ1n) is 8.19. The number of fused-ring (bicyclic) bond motifs is 1. The molecular formula is C17H25ClN4O3. The van der Waals surface area contributed by atoms with Gasteiger partial charge in [0.15, 0.2) is 0 Å². The molecule has 0 aliphatic carbocycles. The van der Waals surface area contributed by atoms with E-state index in [2.05, 4.69) is 10.4 Å². The number of nitrogens with one attached hydrogen (secondary N) is 2. The Balaban J connectivity index is 0.00000312. The van der Waals surface area contributed by atoms with Gasteiger partial charge in [-0.15, -0.1) is 12.4 Å². The van der Waals surface area contributed by atoms with E-state index in [1.807, 2.05) is 13.8 Å². The van der Waals surface area contributed by atoms with Crippen LogP contribution < -0.4 is 22.2 Å². The molecule has 8 heteroatoms. The maximum atomic E-state index is 12.4. The van der Waals surface area contributed by atoms with Gasteiger partial charge in [-0.2, -0.15) is 0 Å². The van der Waals surface area contributed by atoms with E-state index in [9.17, 15) is 14.4 Å². The van der Waals surface area contributed by atoms with Gasteiger partial charge in [-0.3, -0.25) is 19.5 Å². The van der Waals surface area contributed by atoms with Gasteiger partial charge in [0.25, 0.3) is 11.1 Å². The minimum Gasteiger partial charge on any atom is -0.349 e. The summed E-state index contributed by atoms with van der Waals surface area (Å²) < 4.78 is 1.19. The van der Waals surface area contributed by atoms with E-state index in [1.54, 1.807) is 24.3 Å². The van der Waals surface area contributed by atoms with E-state index >= 15 is 0 Å². The second kappa shape index (κ2) is 8.82. The first kappa shape index (κ1) is 20.9. The minimum atomic E-state index is -0.418. The molecule has 0 saturated carbocycles. The third-order valence-corrected chi connectivity index (χ3v) is 4.60. The van der Waals surface area contributed by atoms with Crippen molar-refractivity contribution in [1.82, 2.24) is 15.1 Å². The maximum absolute atomic E-state index is 12.4. The second-order valence-electron chi connectivity index (χ2n) is 5.93. The molecule has 2 rings (SSSR count). The van der Waals surface area contributed by atoms with Gasteiger partial charge in [0.05, 0.1) is 22.9 Å². The lowest BCUT2D eigenvalue weighted by Crippen LogP contribution is -2.53. The van der Waals surface area contributed by atoms with Crippen LogP contribution in [-0.4, -0.2) is 27.8 Å². The van der Waals surface area contributed by atoms with Crippen LogP contribution in [0.25, 0.3) is 10.8 Å². The SMILES string of the molecule is CCC(CC)(CN)NC(=O)CCn1[nH]c(=O)c2ccccc2c1=O.Cl. The van der Waals surface area contributed by atoms with Crippen LogP contribution in [0, 0.1) is 0 Å². The Morgan fingerprint density at radius 1 is 1.20 bits per heavy atom. The molecule has 1 amide bonds. The van der Waals surface area contributed by atoms with Crippen LogP contribution >= 0.6 is 12.4 Å². The van der Waals surface area contributed by atoms with Crippen LogP contribution in [0.4, 0.5) is 0 Å². The fourth-order valence-corrected chi connectivity index (χ4v) is 2.74. The van der Waals surface area contributed by atoms with Crippen LogP contribution in [0.15, 0.2) is 33.9 Å². The van der Waals surface area contributed by atoms with Gasteiger partial charge in [-0.25, -0.2) is 4.68 Å². The fourth-order valence-electron chi connectivity index (χ4n) is 2.74. The molecule has 0 aliphatic heterocycles. The number of carbonyl (C=O) groups excluding carboxylic acids is 1. The zero-order valence-corrected chi connectivity index (χ0v) is 15.3. The van der Waals surface area contributed by atoms with Gasteiger partial charge in [-0.05, 0) is 25.0 Å². The number of nitrogens with two attached hydrogens (primary N) is 1. The van der Waals surface area contributed by atoms with Crippen LogP contribution in [0.3, 0.4) is 0 Å². The third-order valence-electron chi connectivity index (χ3n) is 4.60. The van der Waals surface area contributed by atoms with Crippen molar-refractivity contribution in [3.05, 3.63) is 45.0 Å². The summed E-state index contributed by atoms with van der Waals surface area (Å²) in [4.78, 5) is 36.6. The van der Waals surface area contributed by atoms with Gasteiger partial charge < -0.3 is 11.1 Å². The summed E-state index contributed by atoms with van der Waals surface area (Å²) in [5.41, 5.74) is 4.70. The van der Waals surface area contributed by atoms with Crippen LogP contribution in [0.5, 0.6) is 0 Å². The van der Waals surface area contributed by atoms with Crippen molar-refractivity contribution < 1.29 is 4.79 Å². The molecule has 138 valence electrons. The third kappa shape index (κ3) is 4.49. The molecule has 1 heterocycles. The largest absolute Gasteiger partial charge is 0.349 e. The van der Waals surface area contributed by atoms with Crippen molar-refractivity contribution in [2.24, 2.45) is 5.73 Å². The summed E-state index contributed by atoms with van der Waals surface area (Å²) in [5.74, 6) is -0.190. The summed E-state index contributed by atoms with van der Waals surface area (Å²) in [6.45, 7) is 4.42. The average Bonchev–Trinajstić information content (AvgIpc) is 2.61. The Kier molecular flexibility index (Phi) is 7.38. The smallest absolute Gasteiger partial charge is 0.273 e. The summed E-state index contributed by atoms with van der Waals surface area (Å²) in [5, 5.41) is 6.17. The first-order chi connectivity index (χ1) is 11.5. The van der Waals surface area contributed by atoms with Gasteiger partial charge in [0.2, 0.25) is 5.91 Å². The molecule has 1 aromatic heterocycles. The van der Waals surface area contributed by atoms with Gasteiger partial charge in [0, 0.05) is 13.0 Å². The highest BCUT2D eigenvalue weighted by atomic mass is 35.5. The van der Waals surface area contributed by atoms with Crippen molar-refractivity contribution >= 4 is 29.1 Å². The Hall–Kier alpha value is -2.12. The van der Waals surface area contributed by atoms with E-state index in [-0.39, 0.29) is 42.4 Å². The molecule has 25 heavy (non-hydrogen) atoms. The molecule has 0 spiro atoms. The number of benzene rings is 1. The highest BCUT2D eigenvalue weighted by molar-refractivity contribution is 5.85. The first-order valence-corrected chi connectivity index (χ1v) is 8.19. The fraction of sp³-hybridized carbons (Fsp3) is 0.471. The van der Waals surface area contributed by atoms with E-state index in [4.69, 9.17) is 5.73 Å². The van der Waals surface area contributed by atoms with Crippen molar-refractivity contribution in [1.29, 1.82) is 0 Å². The van der Waals surface area contributed by atoms with E-state index in [0.29, 0.717) is 17.3 Å². The number of aryl methyl sites for hydroxylation is 1. The number of hydrogen-bond donors (Lipinski definition) is 3. The van der Waals surface area contributed by atoms with Crippen LogP contribution in [0.1, 0.15) is 33.1 Å². The quantitative estimate of drug-likeness (QED) is 0.680. The molecule has 0 bridgehead atoms. The predicted molar refractivity (Wildman–Crippen MR) is 101 cm³/mol. The number of H-pyrrole nitrogens is 1. The standard InChI is InChI=1S/C17H24N4O3.ClH/c1-3-17(4-2,11-18)19-14(22)9-10-21-16(24)13-8-6-5-7-12(13)15(23)20-21;/h5-8H,3-4,9-11,18H2,1-2H3,(H,19,22)(H,20,23);1H.